The molecule has 0 aliphatic rings. The van der Waals surface area contributed by atoms with E-state index in [4.69, 9.17) is 0 Å². The summed E-state index contributed by atoms with van der Waals surface area (Å²) in [5, 5.41) is 0. The molecule has 6 nitrogen and oxygen atoms in total. The molecule has 0 bridgehead atoms. The van der Waals surface area contributed by atoms with Crippen LogP contribution in [0.15, 0.2) is 32.3 Å². The van der Waals surface area contributed by atoms with Gasteiger partial charge in [0.1, 0.15) is 17.2 Å². The second-order valence-electron chi connectivity index (χ2n) is 4.23. The van der Waals surface area contributed by atoms with Gasteiger partial charge in [-0.05, 0) is 18.2 Å². The first-order valence-corrected chi connectivity index (χ1v) is 6.41. The van der Waals surface area contributed by atoms with Crippen molar-refractivity contribution in [3.8, 4) is 11.4 Å². The summed E-state index contributed by atoms with van der Waals surface area (Å²) in [5.41, 5.74) is -0.649. The lowest BCUT2D eigenvalue weighted by Gasteiger charge is -1.99. The molecule has 0 unspecified atom stereocenters. The highest BCUT2D eigenvalue weighted by molar-refractivity contribution is 9.10. The van der Waals surface area contributed by atoms with Crippen LogP contribution in [0, 0.1) is 5.82 Å². The quantitative estimate of drug-likeness (QED) is 0.705. The minimum Gasteiger partial charge on any atom is -0.332 e. The molecule has 0 spiro atoms. The molecular weight excluding hydrogens is 331 g/mol. The number of aromatic nitrogens is 4. The fourth-order valence-electron chi connectivity index (χ4n) is 1.91. The monoisotopic (exact) mass is 338 g/mol. The third kappa shape index (κ3) is 1.88. The zero-order valence-corrected chi connectivity index (χ0v) is 11.8. The molecule has 3 rings (SSSR count). The zero-order valence-electron chi connectivity index (χ0n) is 10.2. The second kappa shape index (κ2) is 4.41. The molecule has 2 heterocycles. The van der Waals surface area contributed by atoms with Gasteiger partial charge in [0.05, 0.1) is 5.56 Å². The molecule has 8 heteroatoms. The van der Waals surface area contributed by atoms with Crippen LogP contribution in [0.4, 0.5) is 4.39 Å². The number of H-pyrrole nitrogens is 2. The maximum atomic E-state index is 13.8. The second-order valence-corrected chi connectivity index (χ2v) is 5.14. The molecule has 0 aliphatic carbocycles. The number of hydrogen-bond donors (Lipinski definition) is 2. The largest absolute Gasteiger partial charge is 0.332 e. The lowest BCUT2D eigenvalue weighted by atomic mass is 10.2. The van der Waals surface area contributed by atoms with E-state index in [1.54, 1.807) is 12.1 Å². The van der Waals surface area contributed by atoms with Crippen molar-refractivity contribution in [2.24, 2.45) is 7.05 Å². The van der Waals surface area contributed by atoms with Crippen molar-refractivity contribution in [1.29, 1.82) is 0 Å². The van der Waals surface area contributed by atoms with E-state index in [-0.39, 0.29) is 22.6 Å². The molecule has 2 aromatic heterocycles. The normalized spacial score (nSPS) is 11.2. The molecule has 0 amide bonds. The van der Waals surface area contributed by atoms with Crippen molar-refractivity contribution < 1.29 is 4.39 Å². The van der Waals surface area contributed by atoms with Crippen molar-refractivity contribution in [3.63, 3.8) is 0 Å². The Kier molecular flexibility index (Phi) is 2.82. The maximum Gasteiger partial charge on any atom is 0.329 e. The molecule has 0 saturated heterocycles. The Morgan fingerprint density at radius 2 is 2.05 bits per heavy atom. The van der Waals surface area contributed by atoms with Gasteiger partial charge in [-0.2, -0.15) is 0 Å². The first-order valence-electron chi connectivity index (χ1n) is 5.62. The number of benzene rings is 1. The van der Waals surface area contributed by atoms with E-state index < -0.39 is 17.1 Å². The number of aryl methyl sites for hydroxylation is 1. The SMILES string of the molecule is Cn1c(=O)[nH]c(=O)c2[nH]c(-c3cc(Br)ccc3F)nc21. The topological polar surface area (TPSA) is 83.5 Å². The van der Waals surface area contributed by atoms with E-state index in [0.29, 0.717) is 4.47 Å². The first kappa shape index (κ1) is 12.8. The van der Waals surface area contributed by atoms with Crippen molar-refractivity contribution in [2.45, 2.75) is 0 Å². The van der Waals surface area contributed by atoms with Gasteiger partial charge in [0.2, 0.25) is 0 Å². The van der Waals surface area contributed by atoms with Gasteiger partial charge in [-0.15, -0.1) is 0 Å². The molecule has 3 aromatic rings. The molecule has 0 radical (unpaired) electrons. The smallest absolute Gasteiger partial charge is 0.329 e. The van der Waals surface area contributed by atoms with Crippen LogP contribution in [0.5, 0.6) is 0 Å². The number of nitrogens with zero attached hydrogens (tertiary/aromatic N) is 2. The van der Waals surface area contributed by atoms with Gasteiger partial charge >= 0.3 is 5.69 Å². The van der Waals surface area contributed by atoms with Crippen LogP contribution in [0.1, 0.15) is 0 Å². The Hall–Kier alpha value is -2.22. The van der Waals surface area contributed by atoms with Crippen LogP contribution in [0.3, 0.4) is 0 Å². The number of halogens is 2. The third-order valence-electron chi connectivity index (χ3n) is 2.94. The van der Waals surface area contributed by atoms with Crippen LogP contribution in [0.25, 0.3) is 22.6 Å². The molecule has 20 heavy (non-hydrogen) atoms. The molecule has 0 saturated carbocycles. The van der Waals surface area contributed by atoms with E-state index in [2.05, 4.69) is 30.9 Å². The van der Waals surface area contributed by atoms with Gasteiger partial charge in [0, 0.05) is 11.5 Å². The van der Waals surface area contributed by atoms with Crippen LogP contribution >= 0.6 is 15.9 Å². The van der Waals surface area contributed by atoms with E-state index in [1.165, 1.54) is 17.7 Å². The fraction of sp³-hybridized carbons (Fsp3) is 0.0833. The van der Waals surface area contributed by atoms with Gasteiger partial charge in [0.25, 0.3) is 5.56 Å². The summed E-state index contributed by atoms with van der Waals surface area (Å²) >= 11 is 3.25. The van der Waals surface area contributed by atoms with Crippen molar-refractivity contribution in [1.82, 2.24) is 19.5 Å². The fourth-order valence-corrected chi connectivity index (χ4v) is 2.27. The summed E-state index contributed by atoms with van der Waals surface area (Å²) < 4.78 is 15.7. The summed E-state index contributed by atoms with van der Waals surface area (Å²) in [7, 11) is 1.47. The molecule has 0 atom stereocenters. The van der Waals surface area contributed by atoms with E-state index in [9.17, 15) is 14.0 Å². The average Bonchev–Trinajstić information content (AvgIpc) is 2.84. The van der Waals surface area contributed by atoms with Crippen LogP contribution < -0.4 is 11.2 Å². The highest BCUT2D eigenvalue weighted by Gasteiger charge is 2.14. The molecule has 1 aromatic carbocycles. The van der Waals surface area contributed by atoms with E-state index in [1.807, 2.05) is 0 Å². The summed E-state index contributed by atoms with van der Waals surface area (Å²) in [6, 6.07) is 4.39. The third-order valence-corrected chi connectivity index (χ3v) is 3.43. The zero-order chi connectivity index (χ0) is 14.4. The number of rotatable bonds is 1. The number of nitrogens with one attached hydrogen (secondary N) is 2. The van der Waals surface area contributed by atoms with Crippen LogP contribution in [0.2, 0.25) is 0 Å². The van der Waals surface area contributed by atoms with Gasteiger partial charge < -0.3 is 4.98 Å². The predicted octanol–water partition coefficient (Wildman–Crippen LogP) is 1.52. The maximum absolute atomic E-state index is 13.8. The molecule has 0 aliphatic heterocycles. The molecule has 2 N–H and O–H groups in total. The van der Waals surface area contributed by atoms with Crippen molar-refractivity contribution in [3.05, 3.63) is 49.3 Å². The minimum atomic E-state index is -0.586. The lowest BCUT2D eigenvalue weighted by Crippen LogP contribution is -2.28. The summed E-state index contributed by atoms with van der Waals surface area (Å²) in [6.45, 7) is 0. The Balaban J connectivity index is 2.37. The number of aromatic amines is 2. The Morgan fingerprint density at radius 1 is 1.30 bits per heavy atom. The van der Waals surface area contributed by atoms with Gasteiger partial charge in [-0.1, -0.05) is 15.9 Å². The Morgan fingerprint density at radius 3 is 2.80 bits per heavy atom. The lowest BCUT2D eigenvalue weighted by molar-refractivity contribution is 0.630. The number of fused-ring (bicyclic) bond motifs is 1. The van der Waals surface area contributed by atoms with Crippen LogP contribution in [-0.4, -0.2) is 19.5 Å². The van der Waals surface area contributed by atoms with Crippen molar-refractivity contribution >= 4 is 27.1 Å². The van der Waals surface area contributed by atoms with Gasteiger partial charge in [0.15, 0.2) is 5.65 Å². The highest BCUT2D eigenvalue weighted by atomic mass is 79.9. The molecule has 102 valence electrons. The first-order chi connectivity index (χ1) is 9.47. The summed E-state index contributed by atoms with van der Waals surface area (Å²) in [4.78, 5) is 32.2. The van der Waals surface area contributed by atoms with Crippen LogP contribution in [-0.2, 0) is 7.05 Å². The van der Waals surface area contributed by atoms with Gasteiger partial charge in [-0.25, -0.2) is 14.2 Å². The predicted molar refractivity (Wildman–Crippen MR) is 75.0 cm³/mol. The standard InChI is InChI=1S/C12H8BrFN4O2/c1-18-10-8(11(19)17-12(18)20)15-9(16-10)6-4-5(13)2-3-7(6)14/h2-4H,1H3,(H,15,16)(H,17,19,20). The summed E-state index contributed by atoms with van der Waals surface area (Å²) in [6.07, 6.45) is 0. The number of imidazole rings is 1. The molecular formula is C12H8BrFN4O2. The Labute approximate surface area is 119 Å². The molecule has 0 fully saturated rings. The van der Waals surface area contributed by atoms with Crippen molar-refractivity contribution in [2.75, 3.05) is 0 Å². The van der Waals surface area contributed by atoms with E-state index >= 15 is 0 Å². The summed E-state index contributed by atoms with van der Waals surface area (Å²) in [5.74, 6) is -0.292. The average molecular weight is 339 g/mol. The van der Waals surface area contributed by atoms with Gasteiger partial charge in [-0.3, -0.25) is 14.3 Å². The Bertz CT molecular complexity index is 941. The van der Waals surface area contributed by atoms with E-state index in [0.717, 1.165) is 0 Å². The highest BCUT2D eigenvalue weighted by Crippen LogP contribution is 2.24. The minimum absolute atomic E-state index is 0.126. The number of hydrogen-bond acceptors (Lipinski definition) is 3.